The molecule has 0 unspecified atom stereocenters. The van der Waals surface area contributed by atoms with Gasteiger partial charge in [0.15, 0.2) is 5.82 Å². The van der Waals surface area contributed by atoms with E-state index in [4.69, 9.17) is 16.9 Å². The molecule has 0 fully saturated rings. The summed E-state index contributed by atoms with van der Waals surface area (Å²) in [4.78, 5) is 15.6. The van der Waals surface area contributed by atoms with Gasteiger partial charge in [-0.3, -0.25) is 4.79 Å². The van der Waals surface area contributed by atoms with Crippen molar-refractivity contribution in [2.45, 2.75) is 0 Å². The van der Waals surface area contributed by atoms with E-state index in [1.807, 2.05) is 6.07 Å². The van der Waals surface area contributed by atoms with Crippen LogP contribution in [0.2, 0.25) is 5.02 Å². The molecule has 6 heteroatoms. The first-order valence-electron chi connectivity index (χ1n) is 5.23. The third kappa shape index (κ3) is 2.87. The molecule has 0 radical (unpaired) electrons. The van der Waals surface area contributed by atoms with Crippen LogP contribution in [0, 0.1) is 17.1 Å². The van der Waals surface area contributed by atoms with E-state index in [0.29, 0.717) is 5.56 Å². The molecule has 0 saturated heterocycles. The number of hydrogen-bond acceptors (Lipinski definition) is 3. The summed E-state index contributed by atoms with van der Waals surface area (Å²) in [7, 11) is 0. The van der Waals surface area contributed by atoms with Crippen molar-refractivity contribution in [3.05, 3.63) is 58.6 Å². The fourth-order valence-corrected chi connectivity index (χ4v) is 1.56. The summed E-state index contributed by atoms with van der Waals surface area (Å²) < 4.78 is 13.6. The minimum atomic E-state index is -0.703. The largest absolute Gasteiger partial charge is 0.318 e. The molecule has 0 spiro atoms. The highest BCUT2D eigenvalue weighted by molar-refractivity contribution is 6.31. The number of nitrogens with one attached hydrogen (secondary N) is 1. The molecule has 1 heterocycles. The van der Waals surface area contributed by atoms with Crippen molar-refractivity contribution in [3.8, 4) is 6.07 Å². The maximum atomic E-state index is 13.6. The Bertz CT molecular complexity index is 665. The van der Waals surface area contributed by atoms with Crippen LogP contribution in [0.1, 0.15) is 16.1 Å². The lowest BCUT2D eigenvalue weighted by molar-refractivity contribution is 0.102. The number of amides is 1. The molecule has 0 aliphatic rings. The summed E-state index contributed by atoms with van der Waals surface area (Å²) in [5, 5.41) is 10.9. The summed E-state index contributed by atoms with van der Waals surface area (Å²) >= 11 is 5.60. The summed E-state index contributed by atoms with van der Waals surface area (Å²) in [5.41, 5.74) is 0.396. The van der Waals surface area contributed by atoms with Gasteiger partial charge in [0.2, 0.25) is 0 Å². The first kappa shape index (κ1) is 13.0. The topological polar surface area (TPSA) is 65.8 Å². The highest BCUT2D eigenvalue weighted by Gasteiger charge is 2.12. The van der Waals surface area contributed by atoms with Crippen molar-refractivity contribution >= 4 is 23.2 Å². The Balaban J connectivity index is 2.21. The molecule has 1 N–H and O–H groups in total. The first-order valence-corrected chi connectivity index (χ1v) is 5.61. The summed E-state index contributed by atoms with van der Waals surface area (Å²) in [6.07, 6.45) is 1.27. The van der Waals surface area contributed by atoms with E-state index in [1.54, 1.807) is 0 Å². The molecule has 1 aromatic carbocycles. The third-order valence-corrected chi connectivity index (χ3v) is 2.62. The molecule has 94 valence electrons. The quantitative estimate of drug-likeness (QED) is 0.916. The molecular weight excluding hydrogens is 269 g/mol. The molecule has 1 aromatic heterocycles. The van der Waals surface area contributed by atoms with Gasteiger partial charge in [-0.05, 0) is 24.3 Å². The number of halogens is 2. The van der Waals surface area contributed by atoms with Crippen molar-refractivity contribution in [1.29, 1.82) is 5.26 Å². The SMILES string of the molecule is N#Cc1ccc(C(=O)Nc2cccc(Cl)c2F)nc1. The smallest absolute Gasteiger partial charge is 0.274 e. The normalized spacial score (nSPS) is 9.74. The van der Waals surface area contributed by atoms with Crippen LogP contribution >= 0.6 is 11.6 Å². The summed E-state index contributed by atoms with van der Waals surface area (Å²) in [5.74, 6) is -1.28. The van der Waals surface area contributed by atoms with Crippen molar-refractivity contribution in [2.24, 2.45) is 0 Å². The Morgan fingerprint density at radius 1 is 1.37 bits per heavy atom. The Morgan fingerprint density at radius 2 is 2.16 bits per heavy atom. The molecule has 19 heavy (non-hydrogen) atoms. The predicted molar refractivity (Wildman–Crippen MR) is 68.3 cm³/mol. The first-order chi connectivity index (χ1) is 9.11. The lowest BCUT2D eigenvalue weighted by Crippen LogP contribution is -2.14. The van der Waals surface area contributed by atoms with Crippen LogP contribution in [0.15, 0.2) is 36.5 Å². The fourth-order valence-electron chi connectivity index (χ4n) is 1.38. The Hall–Kier alpha value is -2.45. The van der Waals surface area contributed by atoms with Crippen molar-refractivity contribution in [3.63, 3.8) is 0 Å². The highest BCUT2D eigenvalue weighted by atomic mass is 35.5. The van der Waals surface area contributed by atoms with Crippen LogP contribution in [0.5, 0.6) is 0 Å². The number of anilines is 1. The minimum absolute atomic E-state index is 0.0244. The van der Waals surface area contributed by atoms with Gasteiger partial charge in [0.05, 0.1) is 16.3 Å². The zero-order valence-corrected chi connectivity index (χ0v) is 10.3. The van der Waals surface area contributed by atoms with Gasteiger partial charge in [-0.2, -0.15) is 5.26 Å². The number of rotatable bonds is 2. The van der Waals surface area contributed by atoms with Crippen molar-refractivity contribution in [1.82, 2.24) is 4.98 Å². The maximum Gasteiger partial charge on any atom is 0.274 e. The number of benzene rings is 1. The monoisotopic (exact) mass is 275 g/mol. The molecule has 2 aromatic rings. The van der Waals surface area contributed by atoms with E-state index in [1.165, 1.54) is 36.5 Å². The van der Waals surface area contributed by atoms with Gasteiger partial charge >= 0.3 is 0 Å². The molecule has 0 aliphatic heterocycles. The van der Waals surface area contributed by atoms with Crippen LogP contribution in [0.3, 0.4) is 0 Å². The van der Waals surface area contributed by atoms with Gasteiger partial charge in [-0.15, -0.1) is 0 Å². The number of nitriles is 1. The van der Waals surface area contributed by atoms with E-state index < -0.39 is 11.7 Å². The van der Waals surface area contributed by atoms with E-state index in [2.05, 4.69) is 10.3 Å². The standard InChI is InChI=1S/C13H7ClFN3O/c14-9-2-1-3-10(12(9)15)18-13(19)11-5-4-8(6-16)7-17-11/h1-5,7H,(H,18,19). The number of carbonyl (C=O) groups is 1. The molecule has 0 saturated carbocycles. The predicted octanol–water partition coefficient (Wildman–Crippen LogP) is 3.00. The second-order valence-corrected chi connectivity index (χ2v) is 4.01. The number of pyridine rings is 1. The second kappa shape index (κ2) is 5.46. The zero-order valence-electron chi connectivity index (χ0n) is 9.52. The van der Waals surface area contributed by atoms with Crippen LogP contribution in [0.4, 0.5) is 10.1 Å². The Labute approximate surface area is 113 Å². The van der Waals surface area contributed by atoms with Crippen molar-refractivity contribution in [2.75, 3.05) is 5.32 Å². The fraction of sp³-hybridized carbons (Fsp3) is 0. The zero-order chi connectivity index (χ0) is 13.8. The second-order valence-electron chi connectivity index (χ2n) is 3.60. The third-order valence-electron chi connectivity index (χ3n) is 2.33. The van der Waals surface area contributed by atoms with Crippen LogP contribution < -0.4 is 5.32 Å². The Morgan fingerprint density at radius 3 is 2.79 bits per heavy atom. The molecule has 1 amide bonds. The van der Waals surface area contributed by atoms with Gasteiger partial charge in [0, 0.05) is 6.20 Å². The summed E-state index contributed by atoms with van der Waals surface area (Å²) in [6, 6.07) is 9.02. The van der Waals surface area contributed by atoms with Gasteiger partial charge in [0.25, 0.3) is 5.91 Å². The number of aromatic nitrogens is 1. The molecule has 0 aliphatic carbocycles. The van der Waals surface area contributed by atoms with Gasteiger partial charge < -0.3 is 5.32 Å². The van der Waals surface area contributed by atoms with Crippen molar-refractivity contribution < 1.29 is 9.18 Å². The van der Waals surface area contributed by atoms with E-state index in [9.17, 15) is 9.18 Å². The van der Waals surface area contributed by atoms with Crippen LogP contribution in [0.25, 0.3) is 0 Å². The molecule has 0 bridgehead atoms. The van der Waals surface area contributed by atoms with Gasteiger partial charge in [-0.25, -0.2) is 9.37 Å². The number of carbonyl (C=O) groups excluding carboxylic acids is 1. The average molecular weight is 276 g/mol. The lowest BCUT2D eigenvalue weighted by atomic mass is 10.2. The molecule has 2 rings (SSSR count). The molecule has 4 nitrogen and oxygen atoms in total. The Kier molecular flexibility index (Phi) is 3.74. The maximum absolute atomic E-state index is 13.6. The minimum Gasteiger partial charge on any atom is -0.318 e. The highest BCUT2D eigenvalue weighted by Crippen LogP contribution is 2.22. The van der Waals surface area contributed by atoms with Gasteiger partial charge in [-0.1, -0.05) is 17.7 Å². The average Bonchev–Trinajstić information content (AvgIpc) is 2.44. The van der Waals surface area contributed by atoms with E-state index >= 15 is 0 Å². The van der Waals surface area contributed by atoms with Crippen LogP contribution in [-0.2, 0) is 0 Å². The summed E-state index contributed by atoms with van der Waals surface area (Å²) in [6.45, 7) is 0. The number of hydrogen-bond donors (Lipinski definition) is 1. The van der Waals surface area contributed by atoms with E-state index in [0.717, 1.165) is 0 Å². The molecular formula is C13H7ClFN3O. The van der Waals surface area contributed by atoms with Crippen LogP contribution in [-0.4, -0.2) is 10.9 Å². The van der Waals surface area contributed by atoms with Gasteiger partial charge in [0.1, 0.15) is 11.8 Å². The lowest BCUT2D eigenvalue weighted by Gasteiger charge is -2.06. The molecule has 0 atom stereocenters. The number of nitrogens with zero attached hydrogens (tertiary/aromatic N) is 2. The van der Waals surface area contributed by atoms with E-state index in [-0.39, 0.29) is 16.4 Å².